The molecule has 0 atom stereocenters. The lowest BCUT2D eigenvalue weighted by Gasteiger charge is -2.07. The minimum absolute atomic E-state index is 0.681. The van der Waals surface area contributed by atoms with E-state index in [1.54, 1.807) is 7.11 Å². The quantitative estimate of drug-likeness (QED) is 0.650. The second-order valence-corrected chi connectivity index (χ2v) is 4.77. The van der Waals surface area contributed by atoms with E-state index in [4.69, 9.17) is 14.2 Å². The molecule has 0 spiro atoms. The zero-order chi connectivity index (χ0) is 14.8. The molecule has 21 heavy (non-hydrogen) atoms. The Balaban J connectivity index is 1.51. The van der Waals surface area contributed by atoms with Gasteiger partial charge in [-0.05, 0) is 42.7 Å². The first-order chi connectivity index (χ1) is 10.4. The molecule has 112 valence electrons. The number of benzene rings is 2. The van der Waals surface area contributed by atoms with Crippen molar-refractivity contribution >= 4 is 0 Å². The summed E-state index contributed by atoms with van der Waals surface area (Å²) in [6.45, 7) is 2.15. The van der Waals surface area contributed by atoms with Crippen LogP contribution in [0.25, 0.3) is 0 Å². The van der Waals surface area contributed by atoms with Crippen molar-refractivity contribution in [2.45, 2.75) is 19.4 Å². The largest absolute Gasteiger partial charge is 0.497 e. The molecule has 0 aliphatic carbocycles. The normalized spacial score (nSPS) is 10.3. The van der Waals surface area contributed by atoms with Crippen molar-refractivity contribution < 1.29 is 14.2 Å². The van der Waals surface area contributed by atoms with Gasteiger partial charge in [-0.25, -0.2) is 0 Å². The Bertz CT molecular complexity index is 494. The van der Waals surface area contributed by atoms with Crippen molar-refractivity contribution in [3.63, 3.8) is 0 Å². The summed E-state index contributed by atoms with van der Waals surface area (Å²) in [5, 5.41) is 0. The van der Waals surface area contributed by atoms with Gasteiger partial charge in [-0.2, -0.15) is 0 Å². The third-order valence-electron chi connectivity index (χ3n) is 3.12. The van der Waals surface area contributed by atoms with Crippen molar-refractivity contribution in [2.24, 2.45) is 0 Å². The maximum Gasteiger partial charge on any atom is 0.119 e. The highest BCUT2D eigenvalue weighted by atomic mass is 16.5. The highest BCUT2D eigenvalue weighted by molar-refractivity contribution is 5.31. The van der Waals surface area contributed by atoms with Crippen molar-refractivity contribution in [1.29, 1.82) is 0 Å². The lowest BCUT2D eigenvalue weighted by atomic mass is 10.2. The van der Waals surface area contributed by atoms with Gasteiger partial charge >= 0.3 is 0 Å². The first kappa shape index (κ1) is 15.4. The van der Waals surface area contributed by atoms with Crippen LogP contribution >= 0.6 is 0 Å². The highest BCUT2D eigenvalue weighted by Gasteiger charge is 1.96. The molecule has 0 saturated heterocycles. The molecular formula is C18H22O3. The number of rotatable bonds is 9. The first-order valence-electron chi connectivity index (χ1n) is 7.27. The van der Waals surface area contributed by atoms with Gasteiger partial charge in [0, 0.05) is 6.61 Å². The maximum absolute atomic E-state index is 5.66. The van der Waals surface area contributed by atoms with Crippen LogP contribution in [0.3, 0.4) is 0 Å². The van der Waals surface area contributed by atoms with E-state index in [-0.39, 0.29) is 0 Å². The van der Waals surface area contributed by atoms with Gasteiger partial charge in [-0.3, -0.25) is 0 Å². The molecule has 0 N–H and O–H groups in total. The Kier molecular flexibility index (Phi) is 6.62. The van der Waals surface area contributed by atoms with Crippen molar-refractivity contribution in [3.8, 4) is 11.5 Å². The summed E-state index contributed by atoms with van der Waals surface area (Å²) < 4.78 is 16.4. The minimum atomic E-state index is 0.681. The SMILES string of the molecule is COc1ccc(OCCCCOCc2ccccc2)cc1. The highest BCUT2D eigenvalue weighted by Crippen LogP contribution is 2.17. The minimum Gasteiger partial charge on any atom is -0.497 e. The van der Waals surface area contributed by atoms with Gasteiger partial charge in [0.05, 0.1) is 20.3 Å². The standard InChI is InChI=1S/C18H22O3/c1-19-17-9-11-18(12-10-17)21-14-6-5-13-20-15-16-7-3-2-4-8-16/h2-4,7-12H,5-6,13-15H2,1H3. The molecule has 3 heteroatoms. The number of ether oxygens (including phenoxy) is 3. The Morgan fingerprint density at radius 1 is 0.762 bits per heavy atom. The summed E-state index contributed by atoms with van der Waals surface area (Å²) in [5.74, 6) is 1.72. The predicted octanol–water partition coefficient (Wildman–Crippen LogP) is 4.07. The van der Waals surface area contributed by atoms with E-state index in [2.05, 4.69) is 12.1 Å². The molecule has 0 fully saturated rings. The lowest BCUT2D eigenvalue weighted by Crippen LogP contribution is -2.01. The molecule has 3 nitrogen and oxygen atoms in total. The molecule has 0 aliphatic rings. The van der Waals surface area contributed by atoms with Crippen LogP contribution in [0.2, 0.25) is 0 Å². The molecule has 0 bridgehead atoms. The zero-order valence-corrected chi connectivity index (χ0v) is 12.5. The fourth-order valence-electron chi connectivity index (χ4n) is 1.93. The zero-order valence-electron chi connectivity index (χ0n) is 12.5. The van der Waals surface area contributed by atoms with Gasteiger partial charge in [0.1, 0.15) is 11.5 Å². The summed E-state index contributed by atoms with van der Waals surface area (Å²) in [6.07, 6.45) is 1.99. The van der Waals surface area contributed by atoms with Gasteiger partial charge in [-0.15, -0.1) is 0 Å². The second-order valence-electron chi connectivity index (χ2n) is 4.77. The van der Waals surface area contributed by atoms with E-state index in [0.717, 1.165) is 30.9 Å². The van der Waals surface area contributed by atoms with Gasteiger partial charge in [-0.1, -0.05) is 30.3 Å². The van der Waals surface area contributed by atoms with Crippen LogP contribution in [-0.4, -0.2) is 20.3 Å². The smallest absolute Gasteiger partial charge is 0.119 e. The topological polar surface area (TPSA) is 27.7 Å². The van der Waals surface area contributed by atoms with E-state index < -0.39 is 0 Å². The molecule has 2 rings (SSSR count). The molecule has 2 aromatic rings. The fourth-order valence-corrected chi connectivity index (χ4v) is 1.93. The Morgan fingerprint density at radius 2 is 1.43 bits per heavy atom. The third kappa shape index (κ3) is 5.88. The van der Waals surface area contributed by atoms with Crippen LogP contribution in [0, 0.1) is 0 Å². The van der Waals surface area contributed by atoms with Gasteiger partial charge in [0.2, 0.25) is 0 Å². The Hall–Kier alpha value is -2.00. The van der Waals surface area contributed by atoms with Crippen molar-refractivity contribution in [2.75, 3.05) is 20.3 Å². The molecule has 0 heterocycles. The van der Waals surface area contributed by atoms with E-state index in [9.17, 15) is 0 Å². The van der Waals surface area contributed by atoms with Gasteiger partial charge in [0.15, 0.2) is 0 Å². The van der Waals surface area contributed by atoms with Crippen LogP contribution in [0.1, 0.15) is 18.4 Å². The molecule has 0 unspecified atom stereocenters. The van der Waals surface area contributed by atoms with Crippen LogP contribution in [0.5, 0.6) is 11.5 Å². The van der Waals surface area contributed by atoms with Crippen LogP contribution in [0.15, 0.2) is 54.6 Å². The van der Waals surface area contributed by atoms with Gasteiger partial charge < -0.3 is 14.2 Å². The van der Waals surface area contributed by atoms with Crippen LogP contribution in [-0.2, 0) is 11.3 Å². The third-order valence-corrected chi connectivity index (χ3v) is 3.12. The summed E-state index contributed by atoms with van der Waals surface area (Å²) >= 11 is 0. The fraction of sp³-hybridized carbons (Fsp3) is 0.333. The summed E-state index contributed by atoms with van der Waals surface area (Å²) in [4.78, 5) is 0. The van der Waals surface area contributed by atoms with Crippen molar-refractivity contribution in [3.05, 3.63) is 60.2 Å². The van der Waals surface area contributed by atoms with E-state index in [0.29, 0.717) is 13.2 Å². The van der Waals surface area contributed by atoms with Crippen LogP contribution < -0.4 is 9.47 Å². The summed E-state index contributed by atoms with van der Waals surface area (Å²) in [5.41, 5.74) is 1.21. The average Bonchev–Trinajstić information content (AvgIpc) is 2.55. The van der Waals surface area contributed by atoms with Crippen LogP contribution in [0.4, 0.5) is 0 Å². The molecule has 0 aromatic heterocycles. The molecule has 0 aliphatic heterocycles. The maximum atomic E-state index is 5.66. The predicted molar refractivity (Wildman–Crippen MR) is 83.8 cm³/mol. The molecule has 0 amide bonds. The molecule has 2 aromatic carbocycles. The number of methoxy groups -OCH3 is 1. The average molecular weight is 286 g/mol. The van der Waals surface area contributed by atoms with Crippen molar-refractivity contribution in [1.82, 2.24) is 0 Å². The summed E-state index contributed by atoms with van der Waals surface area (Å²) in [6, 6.07) is 17.9. The van der Waals surface area contributed by atoms with E-state index >= 15 is 0 Å². The molecule has 0 radical (unpaired) electrons. The second kappa shape index (κ2) is 9.03. The first-order valence-corrected chi connectivity index (χ1v) is 7.27. The lowest BCUT2D eigenvalue weighted by molar-refractivity contribution is 0.113. The van der Waals surface area contributed by atoms with E-state index in [1.807, 2.05) is 42.5 Å². The Morgan fingerprint density at radius 3 is 2.14 bits per heavy atom. The monoisotopic (exact) mass is 286 g/mol. The molecule has 0 saturated carbocycles. The number of unbranched alkanes of at least 4 members (excludes halogenated alkanes) is 1. The van der Waals surface area contributed by atoms with Gasteiger partial charge in [0.25, 0.3) is 0 Å². The molecular weight excluding hydrogens is 264 g/mol. The summed E-state index contributed by atoms with van der Waals surface area (Å²) in [7, 11) is 1.66. The Labute approximate surface area is 126 Å². The number of hydrogen-bond acceptors (Lipinski definition) is 3. The number of hydrogen-bond donors (Lipinski definition) is 0. The van der Waals surface area contributed by atoms with E-state index in [1.165, 1.54) is 5.56 Å².